The van der Waals surface area contributed by atoms with Crippen LogP contribution in [0.5, 0.6) is 5.88 Å². The van der Waals surface area contributed by atoms with Gasteiger partial charge in [-0.25, -0.2) is 9.18 Å². The van der Waals surface area contributed by atoms with Gasteiger partial charge >= 0.3 is 6.09 Å². The average Bonchev–Trinajstić information content (AvgIpc) is 3.49. The first-order chi connectivity index (χ1) is 13.4. The van der Waals surface area contributed by atoms with Gasteiger partial charge in [0.2, 0.25) is 11.8 Å². The molecule has 1 aromatic heterocycles. The summed E-state index contributed by atoms with van der Waals surface area (Å²) in [4.78, 5) is 29.6. The van der Waals surface area contributed by atoms with Gasteiger partial charge in [-0.2, -0.15) is 4.98 Å². The number of aromatic nitrogens is 1. The topological polar surface area (TPSA) is 91.8 Å². The number of hydrogen-bond acceptors (Lipinski definition) is 4. The average molecular weight is 385 g/mol. The lowest BCUT2D eigenvalue weighted by Gasteiger charge is -2.33. The van der Waals surface area contributed by atoms with Crippen molar-refractivity contribution >= 4 is 23.5 Å². The van der Waals surface area contributed by atoms with Gasteiger partial charge in [0, 0.05) is 17.9 Å². The van der Waals surface area contributed by atoms with E-state index in [0.717, 1.165) is 18.4 Å². The van der Waals surface area contributed by atoms with Crippen molar-refractivity contribution in [2.24, 2.45) is 5.92 Å². The summed E-state index contributed by atoms with van der Waals surface area (Å²) in [6.07, 6.45) is 0.972. The Kier molecular flexibility index (Phi) is 4.62. The van der Waals surface area contributed by atoms with Crippen LogP contribution < -0.4 is 15.0 Å². The van der Waals surface area contributed by atoms with Crippen molar-refractivity contribution in [1.82, 2.24) is 4.98 Å². The highest BCUT2D eigenvalue weighted by molar-refractivity contribution is 5.95. The lowest BCUT2D eigenvalue weighted by Crippen LogP contribution is -2.44. The highest BCUT2D eigenvalue weighted by Gasteiger charge is 2.33. The van der Waals surface area contributed by atoms with E-state index in [9.17, 15) is 19.1 Å². The van der Waals surface area contributed by atoms with Gasteiger partial charge in [0.15, 0.2) is 0 Å². The van der Waals surface area contributed by atoms with Gasteiger partial charge in [-0.05, 0) is 43.5 Å². The van der Waals surface area contributed by atoms with Crippen molar-refractivity contribution in [3.05, 3.63) is 47.3 Å². The van der Waals surface area contributed by atoms with Crippen LogP contribution >= 0.6 is 0 Å². The number of nitrogens with zero attached hydrogens (tertiary/aromatic N) is 2. The molecule has 2 amide bonds. The summed E-state index contributed by atoms with van der Waals surface area (Å²) in [5.74, 6) is 0.0724. The van der Waals surface area contributed by atoms with Crippen LogP contribution in [0.3, 0.4) is 0 Å². The zero-order valence-corrected chi connectivity index (χ0v) is 15.3. The second-order valence-electron chi connectivity index (χ2n) is 7.20. The van der Waals surface area contributed by atoms with Gasteiger partial charge in [0.05, 0.1) is 6.04 Å². The zero-order valence-electron chi connectivity index (χ0n) is 15.3. The van der Waals surface area contributed by atoms with E-state index in [1.165, 1.54) is 17.0 Å². The Morgan fingerprint density at radius 1 is 1.32 bits per heavy atom. The normalized spacial score (nSPS) is 18.2. The first kappa shape index (κ1) is 18.2. The monoisotopic (exact) mass is 385 g/mol. The molecule has 1 fully saturated rings. The first-order valence-electron chi connectivity index (χ1n) is 9.16. The van der Waals surface area contributed by atoms with E-state index in [2.05, 4.69) is 10.3 Å². The Labute approximate surface area is 161 Å². The van der Waals surface area contributed by atoms with Crippen LogP contribution in [-0.2, 0) is 11.2 Å². The van der Waals surface area contributed by atoms with Crippen molar-refractivity contribution in [3.8, 4) is 5.88 Å². The van der Waals surface area contributed by atoms with Gasteiger partial charge < -0.3 is 15.2 Å². The molecule has 1 atom stereocenters. The lowest BCUT2D eigenvalue weighted by atomic mass is 10.0. The maximum absolute atomic E-state index is 13.2. The molecule has 0 radical (unpaired) electrons. The molecule has 0 saturated heterocycles. The minimum atomic E-state index is -1.10. The second kappa shape index (κ2) is 7.10. The fraction of sp³-hybridized carbons (Fsp3) is 0.350. The van der Waals surface area contributed by atoms with Gasteiger partial charge in [0.25, 0.3) is 0 Å². The third-order valence-corrected chi connectivity index (χ3v) is 4.91. The third-order valence-electron chi connectivity index (χ3n) is 4.91. The Hall–Kier alpha value is -3.16. The molecule has 8 heteroatoms. The number of fused-ring (bicyclic) bond motifs is 1. The highest BCUT2D eigenvalue weighted by atomic mass is 19.1. The van der Waals surface area contributed by atoms with E-state index in [1.54, 1.807) is 25.1 Å². The third kappa shape index (κ3) is 3.62. The number of rotatable bonds is 4. The summed E-state index contributed by atoms with van der Waals surface area (Å²) < 4.78 is 18.8. The van der Waals surface area contributed by atoms with Crippen LogP contribution in [0.25, 0.3) is 0 Å². The molecule has 1 aliphatic heterocycles. The minimum Gasteiger partial charge on any atom is -0.474 e. The Morgan fingerprint density at radius 2 is 2.04 bits per heavy atom. The standard InChI is InChI=1S/C20H20FN3O4/c1-11-10-28-19-16(24(11)20(26)27)9-14(8-12-2-6-15(21)7-3-12)17(23-19)22-18(25)13-4-5-13/h2-3,6-7,9,11,13H,4-5,8,10H2,1H3,(H,26,27)(H,22,23,25). The van der Waals surface area contributed by atoms with E-state index in [4.69, 9.17) is 4.74 Å². The molecular formula is C20H20FN3O4. The van der Waals surface area contributed by atoms with Gasteiger partial charge in [-0.3, -0.25) is 9.69 Å². The smallest absolute Gasteiger partial charge is 0.412 e. The Bertz CT molecular complexity index is 928. The van der Waals surface area contributed by atoms with Crippen LogP contribution in [0.1, 0.15) is 30.9 Å². The fourth-order valence-corrected chi connectivity index (χ4v) is 3.24. The van der Waals surface area contributed by atoms with Crippen molar-refractivity contribution < 1.29 is 23.8 Å². The molecule has 2 aliphatic rings. The molecule has 0 bridgehead atoms. The number of halogens is 1. The van der Waals surface area contributed by atoms with Crippen LogP contribution in [-0.4, -0.2) is 34.7 Å². The number of anilines is 2. The summed E-state index contributed by atoms with van der Waals surface area (Å²) in [5.41, 5.74) is 1.80. The number of carboxylic acid groups (broad SMARTS) is 1. The van der Waals surface area contributed by atoms with E-state index >= 15 is 0 Å². The molecule has 1 aliphatic carbocycles. The molecule has 2 N–H and O–H groups in total. The molecule has 0 spiro atoms. The highest BCUT2D eigenvalue weighted by Crippen LogP contribution is 2.37. The number of ether oxygens (including phenoxy) is 1. The SMILES string of the molecule is CC1COc2nc(NC(=O)C3CC3)c(Cc3ccc(F)cc3)cc2N1C(=O)O. The predicted octanol–water partition coefficient (Wildman–Crippen LogP) is 3.43. The van der Waals surface area contributed by atoms with Gasteiger partial charge in [0.1, 0.15) is 23.9 Å². The van der Waals surface area contributed by atoms with Crippen LogP contribution in [0.4, 0.5) is 20.7 Å². The number of carbonyl (C=O) groups excluding carboxylic acids is 1. The number of pyridine rings is 1. The van der Waals surface area contributed by atoms with Crippen LogP contribution in [0.15, 0.2) is 30.3 Å². The Balaban J connectivity index is 1.74. The zero-order chi connectivity index (χ0) is 19.8. The molecule has 2 heterocycles. The molecule has 1 unspecified atom stereocenters. The van der Waals surface area contributed by atoms with Gasteiger partial charge in [-0.1, -0.05) is 12.1 Å². The summed E-state index contributed by atoms with van der Waals surface area (Å²) >= 11 is 0. The predicted molar refractivity (Wildman–Crippen MR) is 100 cm³/mol. The van der Waals surface area contributed by atoms with Crippen molar-refractivity contribution in [2.75, 3.05) is 16.8 Å². The second-order valence-corrected chi connectivity index (χ2v) is 7.20. The minimum absolute atomic E-state index is 0.00652. The van der Waals surface area contributed by atoms with E-state index in [1.807, 2.05) is 0 Å². The summed E-state index contributed by atoms with van der Waals surface area (Å²) in [6, 6.07) is 7.33. The summed E-state index contributed by atoms with van der Waals surface area (Å²) in [6.45, 7) is 1.93. The molecule has 7 nitrogen and oxygen atoms in total. The number of carbonyl (C=O) groups is 2. The van der Waals surface area contributed by atoms with Crippen molar-refractivity contribution in [2.45, 2.75) is 32.2 Å². The maximum Gasteiger partial charge on any atom is 0.412 e. The molecule has 1 saturated carbocycles. The van der Waals surface area contributed by atoms with E-state index < -0.39 is 6.09 Å². The first-order valence-corrected chi connectivity index (χ1v) is 9.16. The Morgan fingerprint density at radius 3 is 2.68 bits per heavy atom. The van der Waals surface area contributed by atoms with Crippen LogP contribution in [0, 0.1) is 11.7 Å². The molecule has 2 aromatic rings. The summed E-state index contributed by atoms with van der Waals surface area (Å²) in [7, 11) is 0. The van der Waals surface area contributed by atoms with Crippen molar-refractivity contribution in [3.63, 3.8) is 0 Å². The van der Waals surface area contributed by atoms with Crippen LogP contribution in [0.2, 0.25) is 0 Å². The molecule has 28 heavy (non-hydrogen) atoms. The number of amides is 2. The maximum atomic E-state index is 13.2. The fourth-order valence-electron chi connectivity index (χ4n) is 3.24. The number of nitrogens with one attached hydrogen (secondary N) is 1. The quantitative estimate of drug-likeness (QED) is 0.841. The lowest BCUT2D eigenvalue weighted by molar-refractivity contribution is -0.117. The number of benzene rings is 1. The molecule has 146 valence electrons. The van der Waals surface area contributed by atoms with E-state index in [-0.39, 0.29) is 36.2 Å². The summed E-state index contributed by atoms with van der Waals surface area (Å²) in [5, 5.41) is 12.4. The number of hydrogen-bond donors (Lipinski definition) is 2. The van der Waals surface area contributed by atoms with E-state index in [0.29, 0.717) is 23.5 Å². The molecule has 4 rings (SSSR count). The van der Waals surface area contributed by atoms with Crippen molar-refractivity contribution in [1.29, 1.82) is 0 Å². The van der Waals surface area contributed by atoms with Gasteiger partial charge in [-0.15, -0.1) is 0 Å². The largest absolute Gasteiger partial charge is 0.474 e. The molecular weight excluding hydrogens is 365 g/mol. The molecule has 1 aromatic carbocycles.